The number of aryl methyl sites for hydroxylation is 1. The molecule has 0 amide bonds. The summed E-state index contributed by atoms with van der Waals surface area (Å²) in [6.45, 7) is 4.22. The molecule has 1 fully saturated rings. The number of hydrogen-bond donors (Lipinski definition) is 1. The molecule has 1 N–H and O–H groups in total. The van der Waals surface area contributed by atoms with Crippen LogP contribution in [0.4, 0.5) is 5.69 Å². The second-order valence-electron chi connectivity index (χ2n) is 5.48. The van der Waals surface area contributed by atoms with Crippen molar-refractivity contribution in [1.82, 2.24) is 19.9 Å². The molecule has 3 heterocycles. The lowest BCUT2D eigenvalue weighted by atomic mass is 9.96. The Bertz CT molecular complexity index is 587. The van der Waals surface area contributed by atoms with Crippen LogP contribution in [0.2, 0.25) is 0 Å². The molecule has 110 valence electrons. The molecular weight excluding hydrogens is 274 g/mol. The summed E-state index contributed by atoms with van der Waals surface area (Å²) in [6.07, 6.45) is 4.37. The fourth-order valence-electron chi connectivity index (χ4n) is 2.99. The van der Waals surface area contributed by atoms with E-state index in [0.29, 0.717) is 5.92 Å². The zero-order valence-corrected chi connectivity index (χ0v) is 13.1. The van der Waals surface area contributed by atoms with Gasteiger partial charge >= 0.3 is 0 Å². The van der Waals surface area contributed by atoms with Gasteiger partial charge in [0.1, 0.15) is 5.69 Å². The Morgan fingerprint density at radius 3 is 2.85 bits per heavy atom. The zero-order valence-electron chi connectivity index (χ0n) is 12.3. The van der Waals surface area contributed by atoms with Crippen LogP contribution in [0.5, 0.6) is 0 Å². The topological polar surface area (TPSA) is 45.5 Å². The van der Waals surface area contributed by atoms with Crippen molar-refractivity contribution in [2.75, 3.05) is 32.1 Å². The molecule has 5 nitrogen and oxygen atoms in total. The molecule has 3 rings (SSSR count). The van der Waals surface area contributed by atoms with E-state index in [9.17, 15) is 0 Å². The molecule has 2 aromatic rings. The fourth-order valence-corrected chi connectivity index (χ4v) is 2.99. The summed E-state index contributed by atoms with van der Waals surface area (Å²) in [5, 5.41) is 8.16. The minimum Gasteiger partial charge on any atom is -0.373 e. The summed E-state index contributed by atoms with van der Waals surface area (Å²) in [4.78, 5) is 6.61. The fraction of sp³-hybridized carbons (Fsp3) is 0.571. The second kappa shape index (κ2) is 5.97. The molecule has 0 radical (unpaired) electrons. The highest BCUT2D eigenvalue weighted by Crippen LogP contribution is 2.28. The van der Waals surface area contributed by atoms with Crippen molar-refractivity contribution in [1.29, 1.82) is 0 Å². The molecule has 20 heavy (non-hydrogen) atoms. The highest BCUT2D eigenvalue weighted by molar-refractivity contribution is 5.85. The number of piperidine rings is 1. The monoisotopic (exact) mass is 295 g/mol. The highest BCUT2D eigenvalue weighted by atomic mass is 35.5. The van der Waals surface area contributed by atoms with Gasteiger partial charge in [0.25, 0.3) is 0 Å². The van der Waals surface area contributed by atoms with Crippen LogP contribution >= 0.6 is 12.4 Å². The third kappa shape index (κ3) is 2.47. The third-order valence-electron chi connectivity index (χ3n) is 3.85. The average molecular weight is 296 g/mol. The predicted molar refractivity (Wildman–Crippen MR) is 84.1 cm³/mol. The molecule has 0 spiro atoms. The Labute approximate surface area is 125 Å². The summed E-state index contributed by atoms with van der Waals surface area (Å²) >= 11 is 0. The van der Waals surface area contributed by atoms with E-state index in [1.807, 2.05) is 31.7 Å². The first-order valence-electron chi connectivity index (χ1n) is 6.90. The smallest absolute Gasteiger partial charge is 0.179 e. The van der Waals surface area contributed by atoms with Gasteiger partial charge in [0.05, 0.1) is 11.4 Å². The van der Waals surface area contributed by atoms with Crippen molar-refractivity contribution in [3.63, 3.8) is 0 Å². The van der Waals surface area contributed by atoms with E-state index in [0.717, 1.165) is 30.1 Å². The number of hydrogen-bond acceptors (Lipinski definition) is 4. The van der Waals surface area contributed by atoms with E-state index >= 15 is 0 Å². The lowest BCUT2D eigenvalue weighted by Gasteiger charge is -2.23. The van der Waals surface area contributed by atoms with Crippen LogP contribution in [0.3, 0.4) is 0 Å². The molecule has 6 heteroatoms. The number of anilines is 1. The van der Waals surface area contributed by atoms with Crippen LogP contribution in [0.15, 0.2) is 12.3 Å². The van der Waals surface area contributed by atoms with Crippen molar-refractivity contribution in [3.8, 4) is 0 Å². The van der Waals surface area contributed by atoms with Gasteiger partial charge in [0.15, 0.2) is 5.65 Å². The van der Waals surface area contributed by atoms with Crippen molar-refractivity contribution >= 4 is 23.7 Å². The van der Waals surface area contributed by atoms with Crippen LogP contribution in [-0.2, 0) is 0 Å². The summed E-state index contributed by atoms with van der Waals surface area (Å²) in [6, 6.07) is 2.11. The molecule has 1 aliphatic rings. The Kier molecular flexibility index (Phi) is 4.50. The van der Waals surface area contributed by atoms with Crippen LogP contribution in [0.1, 0.15) is 30.1 Å². The van der Waals surface area contributed by atoms with E-state index in [1.165, 1.54) is 18.5 Å². The van der Waals surface area contributed by atoms with Gasteiger partial charge in [-0.25, -0.2) is 9.50 Å². The van der Waals surface area contributed by atoms with Crippen LogP contribution in [0, 0.1) is 6.92 Å². The minimum absolute atomic E-state index is 0. The lowest BCUT2D eigenvalue weighted by Crippen LogP contribution is -2.29. The Morgan fingerprint density at radius 2 is 2.20 bits per heavy atom. The molecule has 0 aromatic carbocycles. The number of nitrogens with one attached hydrogen (secondary N) is 1. The molecule has 0 bridgehead atoms. The highest BCUT2D eigenvalue weighted by Gasteiger charge is 2.21. The average Bonchev–Trinajstić information content (AvgIpc) is 2.75. The molecule has 0 saturated carbocycles. The largest absolute Gasteiger partial charge is 0.373 e. The lowest BCUT2D eigenvalue weighted by molar-refractivity contribution is 0.448. The normalized spacial score (nSPS) is 18.9. The van der Waals surface area contributed by atoms with Gasteiger partial charge in [-0.3, -0.25) is 0 Å². The van der Waals surface area contributed by atoms with Gasteiger partial charge in [-0.15, -0.1) is 12.4 Å². The van der Waals surface area contributed by atoms with Crippen molar-refractivity contribution in [2.24, 2.45) is 0 Å². The number of aromatic nitrogens is 3. The molecule has 1 atom stereocenters. The van der Waals surface area contributed by atoms with Crippen LogP contribution in [-0.4, -0.2) is 41.8 Å². The number of halogens is 1. The Morgan fingerprint density at radius 1 is 1.40 bits per heavy atom. The zero-order chi connectivity index (χ0) is 13.4. The molecule has 0 aliphatic carbocycles. The standard InChI is InChI=1S/C14H21N5.ClH/c1-10-13(18(2)3)14-16-8-6-12(19(14)17-10)11-5-4-7-15-9-11;/h6,8,11,15H,4-5,7,9H2,1-3H3;1H. The van der Waals surface area contributed by atoms with Crippen molar-refractivity contribution in [3.05, 3.63) is 23.7 Å². The molecular formula is C14H22ClN5. The maximum absolute atomic E-state index is 4.69. The molecule has 1 unspecified atom stereocenters. The quantitative estimate of drug-likeness (QED) is 0.920. The van der Waals surface area contributed by atoms with Crippen LogP contribution < -0.4 is 10.2 Å². The summed E-state index contributed by atoms with van der Waals surface area (Å²) in [5.74, 6) is 0.536. The summed E-state index contributed by atoms with van der Waals surface area (Å²) < 4.78 is 2.03. The van der Waals surface area contributed by atoms with E-state index in [4.69, 9.17) is 5.10 Å². The summed E-state index contributed by atoms with van der Waals surface area (Å²) in [7, 11) is 4.08. The maximum Gasteiger partial charge on any atom is 0.179 e. The van der Waals surface area contributed by atoms with Gasteiger partial charge in [-0.2, -0.15) is 5.10 Å². The van der Waals surface area contributed by atoms with E-state index in [1.54, 1.807) is 0 Å². The van der Waals surface area contributed by atoms with Gasteiger partial charge in [-0.1, -0.05) is 0 Å². The summed E-state index contributed by atoms with van der Waals surface area (Å²) in [5.41, 5.74) is 4.39. The second-order valence-corrected chi connectivity index (χ2v) is 5.48. The van der Waals surface area contributed by atoms with Crippen molar-refractivity contribution in [2.45, 2.75) is 25.7 Å². The van der Waals surface area contributed by atoms with E-state index < -0.39 is 0 Å². The van der Waals surface area contributed by atoms with Crippen molar-refractivity contribution < 1.29 is 0 Å². The Hall–Kier alpha value is -1.33. The molecule has 1 aliphatic heterocycles. The SMILES string of the molecule is Cc1nn2c(C3CCCNC3)ccnc2c1N(C)C.Cl. The van der Waals surface area contributed by atoms with E-state index in [-0.39, 0.29) is 12.4 Å². The number of fused-ring (bicyclic) bond motifs is 1. The van der Waals surface area contributed by atoms with Crippen LogP contribution in [0.25, 0.3) is 5.65 Å². The number of nitrogens with zero attached hydrogens (tertiary/aromatic N) is 4. The maximum atomic E-state index is 4.69. The first kappa shape index (κ1) is 15.1. The predicted octanol–water partition coefficient (Wildman–Crippen LogP) is 1.99. The van der Waals surface area contributed by atoms with Gasteiger partial charge in [-0.05, 0) is 32.4 Å². The molecule has 1 saturated heterocycles. The van der Waals surface area contributed by atoms with Gasteiger partial charge in [0.2, 0.25) is 0 Å². The third-order valence-corrected chi connectivity index (χ3v) is 3.85. The van der Waals surface area contributed by atoms with Gasteiger partial charge in [0, 0.05) is 32.8 Å². The first-order chi connectivity index (χ1) is 9.18. The minimum atomic E-state index is 0. The Balaban J connectivity index is 0.00000147. The number of rotatable bonds is 2. The first-order valence-corrected chi connectivity index (χ1v) is 6.90. The molecule has 2 aromatic heterocycles. The van der Waals surface area contributed by atoms with Gasteiger partial charge < -0.3 is 10.2 Å². The van der Waals surface area contributed by atoms with E-state index in [2.05, 4.69) is 21.3 Å².